The summed E-state index contributed by atoms with van der Waals surface area (Å²) >= 11 is 0. The number of hydrogen-bond donors (Lipinski definition) is 2. The van der Waals surface area contributed by atoms with E-state index in [0.29, 0.717) is 11.3 Å². The molecule has 8 heteroatoms. The first-order chi connectivity index (χ1) is 6.91. The van der Waals surface area contributed by atoms with Gasteiger partial charge in [0, 0.05) is 12.1 Å². The highest BCUT2D eigenvalue weighted by Crippen LogP contribution is 2.25. The van der Waals surface area contributed by atoms with E-state index < -0.39 is 22.0 Å². The summed E-state index contributed by atoms with van der Waals surface area (Å²) in [4.78, 5) is 11.0. The number of rotatable bonds is 2. The summed E-state index contributed by atoms with van der Waals surface area (Å²) in [5.41, 5.74) is 6.15. The Morgan fingerprint density at radius 3 is 2.93 bits per heavy atom. The Bertz CT molecular complexity index is 518. The van der Waals surface area contributed by atoms with Crippen molar-refractivity contribution in [3.8, 4) is 0 Å². The van der Waals surface area contributed by atoms with Crippen molar-refractivity contribution in [1.82, 2.24) is 14.5 Å². The van der Waals surface area contributed by atoms with Gasteiger partial charge in [-0.3, -0.25) is 10.1 Å². The van der Waals surface area contributed by atoms with Gasteiger partial charge in [0.2, 0.25) is 5.91 Å². The molecular weight excluding hydrogens is 220 g/mol. The zero-order chi connectivity index (χ0) is 11.2. The van der Waals surface area contributed by atoms with Gasteiger partial charge in [-0.15, -0.1) is 0 Å². The van der Waals surface area contributed by atoms with E-state index >= 15 is 0 Å². The predicted octanol–water partition coefficient (Wildman–Crippen LogP) is -1.68. The van der Waals surface area contributed by atoms with Gasteiger partial charge in [-0.1, -0.05) is 0 Å². The fraction of sp³-hybridized carbons (Fsp3) is 0.429. The highest BCUT2D eigenvalue weighted by atomic mass is 32.2. The van der Waals surface area contributed by atoms with Gasteiger partial charge in [0.1, 0.15) is 6.04 Å². The minimum atomic E-state index is -3.42. The van der Waals surface area contributed by atoms with Gasteiger partial charge in [0.25, 0.3) is 10.0 Å². The number of carbonyl (C=O) groups excluding carboxylic acids is 1. The number of nitrogens with two attached hydrogens (primary N) is 1. The first kappa shape index (κ1) is 10.1. The van der Waals surface area contributed by atoms with Crippen LogP contribution in [0.5, 0.6) is 0 Å². The molecule has 1 aliphatic heterocycles. The number of carbonyl (C=O) groups is 1. The zero-order valence-electron chi connectivity index (χ0n) is 7.97. The van der Waals surface area contributed by atoms with E-state index in [1.165, 1.54) is 6.20 Å². The van der Waals surface area contributed by atoms with Crippen molar-refractivity contribution < 1.29 is 13.2 Å². The van der Waals surface area contributed by atoms with Crippen LogP contribution in [0.25, 0.3) is 0 Å². The molecule has 1 aromatic rings. The fourth-order valence-corrected chi connectivity index (χ4v) is 2.42. The van der Waals surface area contributed by atoms with Crippen molar-refractivity contribution in [2.45, 2.75) is 12.6 Å². The molecule has 0 saturated carbocycles. The van der Waals surface area contributed by atoms with Crippen LogP contribution in [-0.4, -0.2) is 29.8 Å². The Morgan fingerprint density at radius 1 is 1.73 bits per heavy atom. The molecule has 2 heterocycles. The second-order valence-electron chi connectivity index (χ2n) is 3.37. The molecule has 0 aromatic carbocycles. The number of nitrogens with zero attached hydrogens (tertiary/aromatic N) is 2. The second kappa shape index (κ2) is 3.04. The van der Waals surface area contributed by atoms with Crippen LogP contribution in [0, 0.1) is 0 Å². The van der Waals surface area contributed by atoms with Crippen LogP contribution in [-0.2, 0) is 21.4 Å². The Morgan fingerprint density at radius 2 is 2.40 bits per heavy atom. The van der Waals surface area contributed by atoms with Crippen LogP contribution < -0.4 is 11.1 Å². The molecule has 0 radical (unpaired) electrons. The van der Waals surface area contributed by atoms with Crippen LogP contribution in [0.4, 0.5) is 0 Å². The number of primary amides is 1. The van der Waals surface area contributed by atoms with E-state index in [2.05, 4.69) is 10.4 Å². The topological polar surface area (TPSA) is 107 Å². The molecule has 82 valence electrons. The number of aromatic nitrogens is 2. The predicted molar refractivity (Wildman–Crippen MR) is 51.2 cm³/mol. The largest absolute Gasteiger partial charge is 0.368 e. The second-order valence-corrected chi connectivity index (χ2v) is 5.18. The average molecular weight is 230 g/mol. The summed E-state index contributed by atoms with van der Waals surface area (Å²) in [7, 11) is -3.42. The van der Waals surface area contributed by atoms with E-state index in [1.807, 2.05) is 0 Å². The summed E-state index contributed by atoms with van der Waals surface area (Å²) in [5, 5.41) is 6.54. The zero-order valence-corrected chi connectivity index (χ0v) is 8.78. The highest BCUT2D eigenvalue weighted by Gasteiger charge is 2.31. The molecule has 3 N–H and O–H groups in total. The molecule has 0 spiro atoms. The molecule has 1 aliphatic rings. The summed E-state index contributed by atoms with van der Waals surface area (Å²) in [6, 6.07) is -0.643. The quantitative estimate of drug-likeness (QED) is 0.631. The van der Waals surface area contributed by atoms with Crippen molar-refractivity contribution >= 4 is 15.9 Å². The summed E-state index contributed by atoms with van der Waals surface area (Å²) in [6.07, 6.45) is 2.41. The lowest BCUT2D eigenvalue weighted by molar-refractivity contribution is -0.119. The fourth-order valence-electron chi connectivity index (χ4n) is 1.63. The number of amides is 1. The Balaban J connectivity index is 2.53. The summed E-state index contributed by atoms with van der Waals surface area (Å²) in [6.45, 7) is 0.274. The molecule has 1 aromatic heterocycles. The van der Waals surface area contributed by atoms with Crippen LogP contribution in [0.15, 0.2) is 6.20 Å². The first-order valence-electron chi connectivity index (χ1n) is 4.21. The maximum absolute atomic E-state index is 11.3. The van der Waals surface area contributed by atoms with Gasteiger partial charge in [-0.05, 0) is 0 Å². The molecule has 0 aliphatic carbocycles. The van der Waals surface area contributed by atoms with E-state index in [0.717, 1.165) is 10.3 Å². The molecule has 0 bridgehead atoms. The maximum atomic E-state index is 11.3. The lowest BCUT2D eigenvalue weighted by Crippen LogP contribution is -2.28. The lowest BCUT2D eigenvalue weighted by atomic mass is 10.1. The van der Waals surface area contributed by atoms with Crippen LogP contribution in [0.2, 0.25) is 0 Å². The average Bonchev–Trinajstić information content (AvgIpc) is 2.56. The van der Waals surface area contributed by atoms with E-state index in [1.54, 1.807) is 0 Å². The Hall–Kier alpha value is -1.41. The van der Waals surface area contributed by atoms with Crippen molar-refractivity contribution in [2.24, 2.45) is 5.73 Å². The highest BCUT2D eigenvalue weighted by molar-refractivity contribution is 7.89. The summed E-state index contributed by atoms with van der Waals surface area (Å²) in [5.74, 6) is -0.540. The van der Waals surface area contributed by atoms with Crippen molar-refractivity contribution in [3.63, 3.8) is 0 Å². The molecule has 1 atom stereocenters. The third kappa shape index (κ3) is 1.51. The van der Waals surface area contributed by atoms with Crippen molar-refractivity contribution in [1.29, 1.82) is 0 Å². The van der Waals surface area contributed by atoms with Gasteiger partial charge in [-0.2, -0.15) is 9.19 Å². The number of hydrogen-bond acceptors (Lipinski definition) is 5. The van der Waals surface area contributed by atoms with Crippen molar-refractivity contribution in [3.05, 3.63) is 17.5 Å². The van der Waals surface area contributed by atoms with Gasteiger partial charge < -0.3 is 5.73 Å². The van der Waals surface area contributed by atoms with E-state index in [4.69, 9.17) is 5.73 Å². The lowest BCUT2D eigenvalue weighted by Gasteiger charge is -2.03. The molecule has 0 fully saturated rings. The van der Waals surface area contributed by atoms with Gasteiger partial charge in [-0.25, -0.2) is 8.42 Å². The summed E-state index contributed by atoms with van der Waals surface area (Å²) < 4.78 is 23.5. The Labute approximate surface area is 86.3 Å². The molecule has 15 heavy (non-hydrogen) atoms. The monoisotopic (exact) mass is 230 g/mol. The van der Waals surface area contributed by atoms with Gasteiger partial charge in [0.15, 0.2) is 0 Å². The molecule has 0 unspecified atom stereocenters. The van der Waals surface area contributed by atoms with Gasteiger partial charge >= 0.3 is 0 Å². The maximum Gasteiger partial charge on any atom is 0.251 e. The molecule has 7 nitrogen and oxygen atoms in total. The van der Waals surface area contributed by atoms with Gasteiger partial charge in [0.05, 0.1) is 18.1 Å². The van der Waals surface area contributed by atoms with E-state index in [9.17, 15) is 13.2 Å². The third-order valence-corrected chi connectivity index (χ3v) is 3.19. The first-order valence-corrected chi connectivity index (χ1v) is 6.06. The molecule has 0 saturated heterocycles. The third-order valence-electron chi connectivity index (χ3n) is 2.25. The Kier molecular flexibility index (Phi) is 2.05. The van der Waals surface area contributed by atoms with Crippen molar-refractivity contribution in [2.75, 3.05) is 6.26 Å². The SMILES string of the molecule is CS(=O)(=O)n1ncc2c1CN[C@H]2C(N)=O. The van der Waals surface area contributed by atoms with Crippen LogP contribution in [0.3, 0.4) is 0 Å². The molecule has 1 amide bonds. The van der Waals surface area contributed by atoms with Crippen LogP contribution >= 0.6 is 0 Å². The minimum Gasteiger partial charge on any atom is -0.368 e. The minimum absolute atomic E-state index is 0.274. The van der Waals surface area contributed by atoms with Crippen LogP contribution in [0.1, 0.15) is 17.3 Å². The van der Waals surface area contributed by atoms with E-state index in [-0.39, 0.29) is 6.54 Å². The standard InChI is InChI=1S/C7H10N4O3S/c1-15(13,14)11-5-3-9-6(7(8)12)4(5)2-10-11/h2,6,9H,3H2,1H3,(H2,8,12)/t6-/m1/s1. The number of fused-ring (bicyclic) bond motifs is 1. The number of nitrogens with one attached hydrogen (secondary N) is 1. The molecular formula is C7H10N4O3S. The smallest absolute Gasteiger partial charge is 0.251 e. The normalized spacial score (nSPS) is 20.2. The molecule has 2 rings (SSSR count).